The summed E-state index contributed by atoms with van der Waals surface area (Å²) in [5, 5.41) is 8.67. The Balaban J connectivity index is 1.58. The van der Waals surface area contributed by atoms with E-state index in [1.807, 2.05) is 24.3 Å². The summed E-state index contributed by atoms with van der Waals surface area (Å²) in [6.07, 6.45) is 1.67. The third-order valence-corrected chi connectivity index (χ3v) is 7.66. The summed E-state index contributed by atoms with van der Waals surface area (Å²) >= 11 is 2.43. The average Bonchev–Trinajstić information content (AvgIpc) is 3.57. The number of nitrogens with zero attached hydrogens (tertiary/aromatic N) is 4. The Kier molecular flexibility index (Phi) is 6.74. The lowest BCUT2D eigenvalue weighted by molar-refractivity contribution is -0.136. The summed E-state index contributed by atoms with van der Waals surface area (Å²) in [6.45, 7) is 7.70. The van der Waals surface area contributed by atoms with Gasteiger partial charge in [0.1, 0.15) is 5.76 Å². The van der Waals surface area contributed by atoms with Crippen molar-refractivity contribution in [3.05, 3.63) is 90.1 Å². The molecule has 1 aliphatic rings. The normalized spacial score (nSPS) is 15.7. The van der Waals surface area contributed by atoms with Gasteiger partial charge < -0.3 is 13.6 Å². The fraction of sp³-hybridized carbons (Fsp3) is 0.269. The molecule has 1 aromatic carbocycles. The predicted molar refractivity (Wildman–Crippen MR) is 138 cm³/mol. The minimum Gasteiger partial charge on any atom is -0.466 e. The van der Waals surface area contributed by atoms with Crippen LogP contribution in [0.15, 0.2) is 76.6 Å². The maximum absolute atomic E-state index is 13.7. The molecule has 11 heteroatoms. The number of rotatable bonds is 6. The smallest absolute Gasteiger partial charge is 0.338 e. The van der Waals surface area contributed by atoms with Gasteiger partial charge in [-0.3, -0.25) is 9.36 Å². The highest BCUT2D eigenvalue weighted by atomic mass is 32.2. The molecule has 0 aliphatic carbocycles. The minimum absolute atomic E-state index is 0.270. The van der Waals surface area contributed by atoms with Crippen molar-refractivity contribution in [3.63, 3.8) is 0 Å². The number of carbonyl (C=O) groups excluding carboxylic acids is 1. The number of ether oxygens (including phenoxy) is 1. The summed E-state index contributed by atoms with van der Waals surface area (Å²) < 4.78 is 18.3. The van der Waals surface area contributed by atoms with Gasteiger partial charge in [0, 0.05) is 24.8 Å². The Morgan fingerprint density at radius 2 is 1.89 bits per heavy atom. The molecule has 3 aromatic heterocycles. The van der Waals surface area contributed by atoms with Gasteiger partial charge in [0.15, 0.2) is 9.89 Å². The highest BCUT2D eigenvalue weighted by Gasteiger charge is 2.33. The van der Waals surface area contributed by atoms with E-state index < -0.39 is 12.0 Å². The topological polar surface area (TPSA) is 113 Å². The van der Waals surface area contributed by atoms with Crippen molar-refractivity contribution in [2.24, 2.45) is 4.99 Å². The molecule has 0 saturated heterocycles. The predicted octanol–water partition coefficient (Wildman–Crippen LogP) is 3.97. The van der Waals surface area contributed by atoms with E-state index in [0.717, 1.165) is 5.56 Å². The molecule has 9 nitrogen and oxygen atoms in total. The number of carbonyl (C=O) groups is 1. The molecule has 0 spiro atoms. The standard InChI is InChI=1S/C26H24N4O5S2/c1-13(2)16-6-8-17(9-7-16)22-21(24(32)33-5)14(3)27-25-30(22)23(31)19(36-25)12-18-10-11-20(35-18)37-26-29-28-15(4)34-26/h6-13,22H,1-5H3/b19-12+. The van der Waals surface area contributed by atoms with E-state index in [4.69, 9.17) is 13.6 Å². The van der Waals surface area contributed by atoms with Crippen LogP contribution in [0.25, 0.3) is 6.08 Å². The number of fused-ring (bicyclic) bond motifs is 1. The molecular formula is C26H24N4O5S2. The highest BCUT2D eigenvalue weighted by Crippen LogP contribution is 2.32. The number of aryl methyl sites for hydroxylation is 1. The van der Waals surface area contributed by atoms with E-state index in [2.05, 4.69) is 29.0 Å². The number of esters is 1. The SMILES string of the molecule is COC(=O)C1=C(C)N=c2s/c(=C/c3ccc(Sc4nnc(C)o4)o3)c(=O)n2C1c1ccc(C(C)C)cc1. The van der Waals surface area contributed by atoms with Crippen LogP contribution >= 0.6 is 23.1 Å². The first-order valence-electron chi connectivity index (χ1n) is 11.5. The van der Waals surface area contributed by atoms with Crippen LogP contribution in [-0.4, -0.2) is 27.8 Å². The van der Waals surface area contributed by atoms with Gasteiger partial charge in [0.25, 0.3) is 10.8 Å². The van der Waals surface area contributed by atoms with Gasteiger partial charge in [-0.05, 0) is 36.1 Å². The summed E-state index contributed by atoms with van der Waals surface area (Å²) in [5.41, 5.74) is 2.56. The van der Waals surface area contributed by atoms with Gasteiger partial charge in [-0.2, -0.15) is 0 Å². The lowest BCUT2D eigenvalue weighted by atomic mass is 9.93. The molecule has 4 heterocycles. The second-order valence-corrected chi connectivity index (χ2v) is 10.7. The van der Waals surface area contributed by atoms with Gasteiger partial charge in [0.05, 0.1) is 29.0 Å². The number of methoxy groups -OCH3 is 1. The lowest BCUT2D eigenvalue weighted by Gasteiger charge is -2.24. The lowest BCUT2D eigenvalue weighted by Crippen LogP contribution is -2.39. The van der Waals surface area contributed by atoms with Crippen molar-refractivity contribution < 1.29 is 18.4 Å². The van der Waals surface area contributed by atoms with Crippen molar-refractivity contribution >= 4 is 35.1 Å². The van der Waals surface area contributed by atoms with E-state index in [0.29, 0.717) is 48.5 Å². The second-order valence-electron chi connectivity index (χ2n) is 8.74. The first kappa shape index (κ1) is 25.0. The molecule has 37 heavy (non-hydrogen) atoms. The molecule has 1 atom stereocenters. The van der Waals surface area contributed by atoms with Gasteiger partial charge in [-0.25, -0.2) is 9.79 Å². The third kappa shape index (κ3) is 4.84. The first-order valence-corrected chi connectivity index (χ1v) is 13.2. The number of furan rings is 1. The van der Waals surface area contributed by atoms with E-state index in [1.54, 1.807) is 36.6 Å². The van der Waals surface area contributed by atoms with Gasteiger partial charge in [-0.1, -0.05) is 49.4 Å². The molecule has 4 aromatic rings. The quantitative estimate of drug-likeness (QED) is 0.340. The van der Waals surface area contributed by atoms with Crippen LogP contribution < -0.4 is 14.9 Å². The molecule has 0 radical (unpaired) electrons. The fourth-order valence-corrected chi connectivity index (χ4v) is 5.79. The van der Waals surface area contributed by atoms with E-state index in [1.165, 1.54) is 35.8 Å². The fourth-order valence-electron chi connectivity index (χ4n) is 4.07. The summed E-state index contributed by atoms with van der Waals surface area (Å²) in [6, 6.07) is 10.8. The first-order chi connectivity index (χ1) is 17.7. The molecule has 5 rings (SSSR count). The summed E-state index contributed by atoms with van der Waals surface area (Å²) in [5.74, 6) is 0.794. The maximum Gasteiger partial charge on any atom is 0.338 e. The second kappa shape index (κ2) is 9.98. The molecular weight excluding hydrogens is 512 g/mol. The van der Waals surface area contributed by atoms with Crippen molar-refractivity contribution in [1.29, 1.82) is 0 Å². The average molecular weight is 537 g/mol. The molecule has 1 unspecified atom stereocenters. The molecule has 0 amide bonds. The summed E-state index contributed by atoms with van der Waals surface area (Å²) in [4.78, 5) is 31.6. The number of hydrogen-bond acceptors (Lipinski definition) is 10. The van der Waals surface area contributed by atoms with Crippen molar-refractivity contribution in [3.8, 4) is 0 Å². The van der Waals surface area contributed by atoms with Crippen LogP contribution in [0.4, 0.5) is 0 Å². The minimum atomic E-state index is -0.657. The summed E-state index contributed by atoms with van der Waals surface area (Å²) in [7, 11) is 1.33. The number of aromatic nitrogens is 3. The monoisotopic (exact) mass is 536 g/mol. The molecule has 0 bridgehead atoms. The van der Waals surface area contributed by atoms with Crippen LogP contribution in [-0.2, 0) is 9.53 Å². The Hall–Kier alpha value is -3.70. The Morgan fingerprint density at radius 3 is 2.54 bits per heavy atom. The van der Waals surface area contributed by atoms with Gasteiger partial charge in [0.2, 0.25) is 5.89 Å². The zero-order valence-electron chi connectivity index (χ0n) is 20.8. The third-order valence-electron chi connectivity index (χ3n) is 5.92. The molecule has 1 aliphatic heterocycles. The maximum atomic E-state index is 13.7. The largest absolute Gasteiger partial charge is 0.466 e. The van der Waals surface area contributed by atoms with Crippen LogP contribution in [0.5, 0.6) is 0 Å². The molecule has 0 saturated carbocycles. The Morgan fingerprint density at radius 1 is 1.14 bits per heavy atom. The highest BCUT2D eigenvalue weighted by molar-refractivity contribution is 7.99. The van der Waals surface area contributed by atoms with Crippen molar-refractivity contribution in [2.75, 3.05) is 7.11 Å². The Bertz CT molecular complexity index is 1690. The number of benzene rings is 1. The van der Waals surface area contributed by atoms with E-state index >= 15 is 0 Å². The molecule has 0 N–H and O–H groups in total. The van der Waals surface area contributed by atoms with Gasteiger partial charge >= 0.3 is 5.97 Å². The number of allylic oxidation sites excluding steroid dienone is 1. The van der Waals surface area contributed by atoms with Crippen LogP contribution in [0.2, 0.25) is 0 Å². The zero-order chi connectivity index (χ0) is 26.3. The van der Waals surface area contributed by atoms with Crippen molar-refractivity contribution in [1.82, 2.24) is 14.8 Å². The van der Waals surface area contributed by atoms with Gasteiger partial charge in [-0.15, -0.1) is 10.2 Å². The molecule has 190 valence electrons. The van der Waals surface area contributed by atoms with Crippen LogP contribution in [0.1, 0.15) is 55.5 Å². The number of thiazole rings is 1. The van der Waals surface area contributed by atoms with Crippen molar-refractivity contribution in [2.45, 2.75) is 50.0 Å². The Labute approximate surface area is 220 Å². The number of hydrogen-bond donors (Lipinski definition) is 0. The zero-order valence-corrected chi connectivity index (χ0v) is 22.5. The molecule has 0 fully saturated rings. The van der Waals surface area contributed by atoms with E-state index in [-0.39, 0.29) is 5.56 Å². The van der Waals surface area contributed by atoms with E-state index in [9.17, 15) is 9.59 Å². The van der Waals surface area contributed by atoms with Crippen LogP contribution in [0.3, 0.4) is 0 Å². The van der Waals surface area contributed by atoms with Crippen LogP contribution in [0, 0.1) is 6.92 Å².